The molecule has 1 N–H and O–H groups in total. The van der Waals surface area contributed by atoms with Crippen LogP contribution in [0.25, 0.3) is 11.0 Å². The lowest BCUT2D eigenvalue weighted by atomic mass is 10.0. The maximum Gasteiger partial charge on any atom is 0.243 e. The fourth-order valence-corrected chi connectivity index (χ4v) is 5.83. The highest BCUT2D eigenvalue weighted by molar-refractivity contribution is 7.89. The minimum Gasteiger partial charge on any atom is -0.368 e. The van der Waals surface area contributed by atoms with Crippen LogP contribution in [-0.4, -0.2) is 60.2 Å². The minimum absolute atomic E-state index is 0.0473. The number of carbonyl (C=O) groups excluding carboxylic acids is 1. The normalized spacial score (nSPS) is 16.1. The van der Waals surface area contributed by atoms with E-state index in [0.717, 1.165) is 17.4 Å². The lowest BCUT2D eigenvalue weighted by molar-refractivity contribution is -0.134. The van der Waals surface area contributed by atoms with E-state index in [1.54, 1.807) is 17.0 Å². The zero-order chi connectivity index (χ0) is 22.0. The predicted octanol–water partition coefficient (Wildman–Crippen LogP) is 2.34. The average Bonchev–Trinajstić information content (AvgIpc) is 3.26. The fraction of sp³-hybridized carbons (Fsp3) is 0.381. The third-order valence-electron chi connectivity index (χ3n) is 5.47. The molecule has 1 amide bonds. The summed E-state index contributed by atoms with van der Waals surface area (Å²) in [6.07, 6.45) is 0. The van der Waals surface area contributed by atoms with Crippen molar-refractivity contribution < 1.29 is 13.2 Å². The molecule has 10 heteroatoms. The van der Waals surface area contributed by atoms with E-state index < -0.39 is 16.1 Å². The number of sulfonamides is 1. The number of aromatic nitrogens is 2. The molecule has 3 aromatic rings. The molecule has 2 aromatic carbocycles. The molecule has 0 unspecified atom stereocenters. The van der Waals surface area contributed by atoms with Gasteiger partial charge in [-0.3, -0.25) is 4.79 Å². The Hall–Kier alpha value is -2.56. The SMILES string of the molecule is CC(C)[C@H](NS(=O)(=O)c1cccc2nsnc12)C(=O)N1CCN(c2ccccc2)CC1. The van der Waals surface area contributed by atoms with E-state index >= 15 is 0 Å². The minimum atomic E-state index is -3.94. The van der Waals surface area contributed by atoms with Crippen LogP contribution in [0.5, 0.6) is 0 Å². The third kappa shape index (κ3) is 4.56. The van der Waals surface area contributed by atoms with E-state index in [-0.39, 0.29) is 16.7 Å². The Labute approximate surface area is 186 Å². The van der Waals surface area contributed by atoms with Crippen molar-refractivity contribution in [1.82, 2.24) is 18.4 Å². The Bertz CT molecular complexity index is 1160. The van der Waals surface area contributed by atoms with Crippen molar-refractivity contribution in [2.24, 2.45) is 5.92 Å². The molecule has 164 valence electrons. The van der Waals surface area contributed by atoms with Gasteiger partial charge in [0.2, 0.25) is 15.9 Å². The van der Waals surface area contributed by atoms with Gasteiger partial charge in [0.15, 0.2) is 0 Å². The van der Waals surface area contributed by atoms with Gasteiger partial charge in [-0.1, -0.05) is 38.1 Å². The number of piperazine rings is 1. The molecule has 8 nitrogen and oxygen atoms in total. The molecule has 1 aromatic heterocycles. The Morgan fingerprint density at radius 3 is 2.39 bits per heavy atom. The first-order valence-electron chi connectivity index (χ1n) is 10.2. The van der Waals surface area contributed by atoms with Crippen LogP contribution >= 0.6 is 11.7 Å². The molecule has 4 rings (SSSR count). The number of carbonyl (C=O) groups is 1. The number of para-hydroxylation sites is 1. The van der Waals surface area contributed by atoms with Gasteiger partial charge in [0, 0.05) is 31.9 Å². The van der Waals surface area contributed by atoms with Crippen LogP contribution in [0.4, 0.5) is 5.69 Å². The molecule has 1 fully saturated rings. The molecule has 0 saturated carbocycles. The largest absolute Gasteiger partial charge is 0.368 e. The number of nitrogens with zero attached hydrogens (tertiary/aromatic N) is 4. The second-order valence-corrected chi connectivity index (χ2v) is 10.1. The van der Waals surface area contributed by atoms with Crippen LogP contribution < -0.4 is 9.62 Å². The molecular weight excluding hydrogens is 434 g/mol. The quantitative estimate of drug-likeness (QED) is 0.608. The summed E-state index contributed by atoms with van der Waals surface area (Å²) in [5.41, 5.74) is 1.98. The predicted molar refractivity (Wildman–Crippen MR) is 122 cm³/mol. The van der Waals surface area contributed by atoms with Crippen LogP contribution in [0.1, 0.15) is 13.8 Å². The fourth-order valence-electron chi connectivity index (χ4n) is 3.72. The Morgan fingerprint density at radius 2 is 1.71 bits per heavy atom. The molecular formula is C21H25N5O3S2. The van der Waals surface area contributed by atoms with E-state index in [2.05, 4.69) is 30.5 Å². The number of hydrogen-bond donors (Lipinski definition) is 1. The highest BCUT2D eigenvalue weighted by atomic mass is 32.2. The molecule has 1 atom stereocenters. The number of anilines is 1. The van der Waals surface area contributed by atoms with Crippen molar-refractivity contribution in [3.63, 3.8) is 0 Å². The summed E-state index contributed by atoms with van der Waals surface area (Å²) in [4.78, 5) is 17.3. The number of nitrogens with one attached hydrogen (secondary N) is 1. The average molecular weight is 460 g/mol. The Balaban J connectivity index is 1.49. The third-order valence-corrected chi connectivity index (χ3v) is 7.48. The summed E-state index contributed by atoms with van der Waals surface area (Å²) in [5.74, 6) is -0.406. The summed E-state index contributed by atoms with van der Waals surface area (Å²) >= 11 is 0.964. The number of rotatable bonds is 6. The highest BCUT2D eigenvalue weighted by Crippen LogP contribution is 2.23. The molecule has 0 aliphatic carbocycles. The highest BCUT2D eigenvalue weighted by Gasteiger charge is 2.34. The van der Waals surface area contributed by atoms with Gasteiger partial charge in [-0.15, -0.1) is 0 Å². The molecule has 1 aliphatic heterocycles. The summed E-state index contributed by atoms with van der Waals surface area (Å²) in [5, 5.41) is 0. The molecule has 1 saturated heterocycles. The monoisotopic (exact) mass is 459 g/mol. The van der Waals surface area contributed by atoms with E-state index in [4.69, 9.17) is 0 Å². The van der Waals surface area contributed by atoms with Crippen LogP contribution in [0.2, 0.25) is 0 Å². The Kier molecular flexibility index (Phi) is 6.22. The van der Waals surface area contributed by atoms with Gasteiger partial charge in [0.1, 0.15) is 22.0 Å². The van der Waals surface area contributed by atoms with E-state index in [0.29, 0.717) is 37.2 Å². The molecule has 2 heterocycles. The van der Waals surface area contributed by atoms with Crippen LogP contribution in [0, 0.1) is 5.92 Å². The smallest absolute Gasteiger partial charge is 0.243 e. The maximum atomic E-state index is 13.3. The maximum absolute atomic E-state index is 13.3. The van der Waals surface area contributed by atoms with Crippen molar-refractivity contribution >= 4 is 44.4 Å². The zero-order valence-corrected chi connectivity index (χ0v) is 19.1. The summed E-state index contributed by atoms with van der Waals surface area (Å²) in [7, 11) is -3.94. The topological polar surface area (TPSA) is 95.5 Å². The van der Waals surface area contributed by atoms with E-state index in [9.17, 15) is 13.2 Å². The van der Waals surface area contributed by atoms with Gasteiger partial charge in [-0.2, -0.15) is 13.5 Å². The lowest BCUT2D eigenvalue weighted by Gasteiger charge is -2.38. The van der Waals surface area contributed by atoms with Gasteiger partial charge in [-0.25, -0.2) is 8.42 Å². The number of fused-ring (bicyclic) bond motifs is 1. The number of benzene rings is 2. The summed E-state index contributed by atoms with van der Waals surface area (Å²) in [6, 6.07) is 14.1. The van der Waals surface area contributed by atoms with E-state index in [1.165, 1.54) is 6.07 Å². The number of amides is 1. The first kappa shape index (κ1) is 21.7. The number of hydrogen-bond acceptors (Lipinski definition) is 7. The van der Waals surface area contributed by atoms with Gasteiger partial charge in [0.25, 0.3) is 0 Å². The van der Waals surface area contributed by atoms with Gasteiger partial charge in [0.05, 0.1) is 11.7 Å². The van der Waals surface area contributed by atoms with Gasteiger partial charge >= 0.3 is 0 Å². The molecule has 31 heavy (non-hydrogen) atoms. The Morgan fingerprint density at radius 1 is 1.00 bits per heavy atom. The van der Waals surface area contributed by atoms with Crippen molar-refractivity contribution in [2.45, 2.75) is 24.8 Å². The zero-order valence-electron chi connectivity index (χ0n) is 17.4. The van der Waals surface area contributed by atoms with Gasteiger partial charge in [-0.05, 0) is 30.2 Å². The second-order valence-electron chi connectivity index (χ2n) is 7.88. The molecule has 0 spiro atoms. The first-order valence-corrected chi connectivity index (χ1v) is 12.4. The molecule has 0 radical (unpaired) electrons. The standard InChI is InChI=1S/C21H25N5O3S2/c1-15(2)19(24-31(28,29)18-10-6-9-17-20(18)23-30-22-17)21(27)26-13-11-25(12-14-26)16-7-4-3-5-8-16/h3-10,15,19,24H,11-14H2,1-2H3/t19-/m0/s1. The van der Waals surface area contributed by atoms with E-state index in [1.807, 2.05) is 32.0 Å². The summed E-state index contributed by atoms with van der Waals surface area (Å²) < 4.78 is 37.1. The van der Waals surface area contributed by atoms with Crippen molar-refractivity contribution in [3.8, 4) is 0 Å². The second kappa shape index (κ2) is 8.89. The van der Waals surface area contributed by atoms with Gasteiger partial charge < -0.3 is 9.80 Å². The van der Waals surface area contributed by atoms with Crippen molar-refractivity contribution in [3.05, 3.63) is 48.5 Å². The lowest BCUT2D eigenvalue weighted by Crippen LogP contribution is -2.56. The first-order chi connectivity index (χ1) is 14.9. The van der Waals surface area contributed by atoms with Crippen molar-refractivity contribution in [2.75, 3.05) is 31.1 Å². The van der Waals surface area contributed by atoms with Crippen LogP contribution in [0.3, 0.4) is 0 Å². The summed E-state index contributed by atoms with van der Waals surface area (Å²) in [6.45, 7) is 6.19. The van der Waals surface area contributed by atoms with Crippen LogP contribution in [-0.2, 0) is 14.8 Å². The molecule has 0 bridgehead atoms. The van der Waals surface area contributed by atoms with Crippen LogP contribution in [0.15, 0.2) is 53.4 Å². The van der Waals surface area contributed by atoms with Crippen molar-refractivity contribution in [1.29, 1.82) is 0 Å². The molecule has 1 aliphatic rings.